The maximum absolute atomic E-state index is 13.8. The minimum absolute atomic E-state index is 0.0968. The number of hydrogen-bond donors (Lipinski definition) is 0. The molecule has 1 fully saturated rings. The van der Waals surface area contributed by atoms with Crippen molar-refractivity contribution >= 4 is 29.2 Å². The number of amides is 2. The van der Waals surface area contributed by atoms with Crippen LogP contribution >= 0.6 is 0 Å². The molecule has 0 radical (unpaired) electrons. The average Bonchev–Trinajstić information content (AvgIpc) is 3.09. The highest BCUT2D eigenvalue weighted by Crippen LogP contribution is 2.61. The SMILES string of the molecule is CC(=O)Oc1ccc(N2C(=O)[C@H]3C4c5ccccc5C(c5ccccc54)[C@@H]3C2=O)cc1[N+](=O)[O-]. The lowest BCUT2D eigenvalue weighted by Gasteiger charge is -2.45. The Labute approximate surface area is 193 Å². The molecule has 3 aromatic carbocycles. The number of carbonyl (C=O) groups is 3. The predicted molar refractivity (Wildman–Crippen MR) is 120 cm³/mol. The van der Waals surface area contributed by atoms with Crippen molar-refractivity contribution in [3.8, 4) is 5.75 Å². The summed E-state index contributed by atoms with van der Waals surface area (Å²) in [4.78, 5) is 50.8. The number of benzene rings is 3. The number of rotatable bonds is 3. The standard InChI is InChI=1S/C26H18N2O6/c1-13(29)34-20-11-10-14(12-19(20)28(32)33)27-25(30)23-21-15-6-2-3-7-16(15)22(24(23)26(27)31)18-9-5-4-8-17(18)21/h2-12,21-24H,1H3/t21?,22?,23-,24-/m0/s1. The number of ether oxygens (including phenoxy) is 1. The van der Waals surface area contributed by atoms with Crippen molar-refractivity contribution < 1.29 is 24.0 Å². The van der Waals surface area contributed by atoms with Crippen molar-refractivity contribution in [3.63, 3.8) is 0 Å². The molecular weight excluding hydrogens is 436 g/mol. The third-order valence-electron chi connectivity index (χ3n) is 7.10. The maximum atomic E-state index is 13.8. The second-order valence-corrected chi connectivity index (χ2v) is 8.78. The van der Waals surface area contributed by atoms with E-state index in [0.29, 0.717) is 0 Å². The van der Waals surface area contributed by atoms with Gasteiger partial charge in [-0.25, -0.2) is 4.90 Å². The van der Waals surface area contributed by atoms with E-state index in [2.05, 4.69) is 0 Å². The molecule has 3 aromatic rings. The van der Waals surface area contributed by atoms with Crippen LogP contribution in [0, 0.1) is 22.0 Å². The fraction of sp³-hybridized carbons (Fsp3) is 0.192. The summed E-state index contributed by atoms with van der Waals surface area (Å²) < 4.78 is 4.93. The Morgan fingerprint density at radius 1 is 0.853 bits per heavy atom. The molecule has 0 spiro atoms. The molecule has 1 heterocycles. The van der Waals surface area contributed by atoms with Gasteiger partial charge in [-0.05, 0) is 34.4 Å². The summed E-state index contributed by atoms with van der Waals surface area (Å²) in [5.41, 5.74) is 3.80. The first-order valence-electron chi connectivity index (χ1n) is 10.9. The van der Waals surface area contributed by atoms with Crippen LogP contribution in [0.5, 0.6) is 5.75 Å². The Morgan fingerprint density at radius 3 is 1.74 bits per heavy atom. The fourth-order valence-electron chi connectivity index (χ4n) is 5.96. The van der Waals surface area contributed by atoms with Crippen LogP contribution in [0.25, 0.3) is 0 Å². The number of nitro groups is 1. The molecule has 2 bridgehead atoms. The summed E-state index contributed by atoms with van der Waals surface area (Å²) in [7, 11) is 0. The van der Waals surface area contributed by atoms with Crippen LogP contribution in [-0.4, -0.2) is 22.7 Å². The van der Waals surface area contributed by atoms with Gasteiger partial charge in [0, 0.05) is 24.8 Å². The molecule has 8 heteroatoms. The third-order valence-corrected chi connectivity index (χ3v) is 7.10. The van der Waals surface area contributed by atoms with Crippen LogP contribution in [-0.2, 0) is 14.4 Å². The molecule has 0 unspecified atom stereocenters. The van der Waals surface area contributed by atoms with Gasteiger partial charge in [-0.15, -0.1) is 0 Å². The van der Waals surface area contributed by atoms with E-state index in [1.807, 2.05) is 48.5 Å². The van der Waals surface area contributed by atoms with E-state index in [0.717, 1.165) is 40.1 Å². The number of hydrogen-bond acceptors (Lipinski definition) is 6. The Kier molecular flexibility index (Phi) is 4.23. The monoisotopic (exact) mass is 454 g/mol. The van der Waals surface area contributed by atoms with Gasteiger partial charge in [0.05, 0.1) is 22.4 Å². The summed E-state index contributed by atoms with van der Waals surface area (Å²) in [6, 6.07) is 19.6. The van der Waals surface area contributed by atoms with E-state index in [4.69, 9.17) is 4.74 Å². The highest BCUT2D eigenvalue weighted by Gasteiger charge is 2.61. The van der Waals surface area contributed by atoms with Gasteiger partial charge in [0.25, 0.3) is 0 Å². The second-order valence-electron chi connectivity index (χ2n) is 8.78. The highest BCUT2D eigenvalue weighted by molar-refractivity contribution is 6.23. The van der Waals surface area contributed by atoms with Crippen molar-refractivity contribution in [1.29, 1.82) is 0 Å². The lowest BCUT2D eigenvalue weighted by molar-refractivity contribution is -0.385. The Morgan fingerprint density at radius 2 is 1.32 bits per heavy atom. The topological polar surface area (TPSA) is 107 Å². The molecule has 0 aromatic heterocycles. The molecule has 0 N–H and O–H groups in total. The van der Waals surface area contributed by atoms with Crippen LogP contribution in [0.2, 0.25) is 0 Å². The molecule has 0 saturated carbocycles. The minimum atomic E-state index is -0.706. The number of anilines is 1. The first kappa shape index (κ1) is 20.3. The van der Waals surface area contributed by atoms with Crippen molar-refractivity contribution in [1.82, 2.24) is 0 Å². The summed E-state index contributed by atoms with van der Waals surface area (Å²) in [5, 5.41) is 11.6. The Hall–Kier alpha value is -4.33. The summed E-state index contributed by atoms with van der Waals surface area (Å²) >= 11 is 0. The van der Waals surface area contributed by atoms with E-state index in [1.165, 1.54) is 12.1 Å². The van der Waals surface area contributed by atoms with Crippen molar-refractivity contribution in [2.24, 2.45) is 11.8 Å². The molecule has 7 rings (SSSR count). The Balaban J connectivity index is 1.49. The average molecular weight is 454 g/mol. The van der Waals surface area contributed by atoms with Gasteiger partial charge in [-0.2, -0.15) is 0 Å². The van der Waals surface area contributed by atoms with Crippen molar-refractivity contribution in [2.45, 2.75) is 18.8 Å². The van der Waals surface area contributed by atoms with Gasteiger partial charge in [0.1, 0.15) is 0 Å². The van der Waals surface area contributed by atoms with E-state index >= 15 is 0 Å². The summed E-state index contributed by atoms with van der Waals surface area (Å²) in [6.07, 6.45) is 0. The summed E-state index contributed by atoms with van der Waals surface area (Å²) in [5.74, 6) is -3.39. The number of imide groups is 1. The third kappa shape index (κ3) is 2.62. The first-order valence-corrected chi connectivity index (χ1v) is 10.9. The molecule has 2 atom stereocenters. The second kappa shape index (κ2) is 7.08. The highest BCUT2D eigenvalue weighted by atomic mass is 16.6. The fourth-order valence-corrected chi connectivity index (χ4v) is 5.96. The minimum Gasteiger partial charge on any atom is -0.419 e. The van der Waals surface area contributed by atoms with Gasteiger partial charge in [0.15, 0.2) is 0 Å². The van der Waals surface area contributed by atoms with E-state index in [1.54, 1.807) is 0 Å². The lowest BCUT2D eigenvalue weighted by Crippen LogP contribution is -2.41. The van der Waals surface area contributed by atoms with Crippen LogP contribution in [0.3, 0.4) is 0 Å². The number of nitro benzene ring substituents is 1. The van der Waals surface area contributed by atoms with Gasteiger partial charge < -0.3 is 4.74 Å². The lowest BCUT2D eigenvalue weighted by atomic mass is 9.55. The van der Waals surface area contributed by atoms with Crippen LogP contribution < -0.4 is 9.64 Å². The van der Waals surface area contributed by atoms with E-state index < -0.39 is 28.4 Å². The molecular formula is C26H18N2O6. The quantitative estimate of drug-likeness (QED) is 0.195. The smallest absolute Gasteiger partial charge is 0.313 e. The van der Waals surface area contributed by atoms with Gasteiger partial charge >= 0.3 is 11.7 Å². The Bertz CT molecular complexity index is 1310. The normalized spacial score (nSPS) is 23.9. The van der Waals surface area contributed by atoms with Gasteiger partial charge in [-0.3, -0.25) is 24.5 Å². The first-order chi connectivity index (χ1) is 16.4. The van der Waals surface area contributed by atoms with Gasteiger partial charge in [0.2, 0.25) is 17.6 Å². The zero-order chi connectivity index (χ0) is 23.7. The van der Waals surface area contributed by atoms with Crippen LogP contribution in [0.4, 0.5) is 11.4 Å². The van der Waals surface area contributed by atoms with E-state index in [-0.39, 0.29) is 35.1 Å². The molecule has 3 aliphatic carbocycles. The molecule has 1 saturated heterocycles. The number of esters is 1. The van der Waals surface area contributed by atoms with Crippen molar-refractivity contribution in [3.05, 3.63) is 99.1 Å². The maximum Gasteiger partial charge on any atom is 0.313 e. The zero-order valence-corrected chi connectivity index (χ0v) is 18.0. The molecule has 2 amide bonds. The van der Waals surface area contributed by atoms with Crippen LogP contribution in [0.1, 0.15) is 41.0 Å². The predicted octanol–water partition coefficient (Wildman–Crippen LogP) is 3.92. The van der Waals surface area contributed by atoms with Crippen LogP contribution in [0.15, 0.2) is 66.7 Å². The molecule has 1 aliphatic heterocycles. The largest absolute Gasteiger partial charge is 0.419 e. The zero-order valence-electron chi connectivity index (χ0n) is 18.0. The molecule has 34 heavy (non-hydrogen) atoms. The van der Waals surface area contributed by atoms with E-state index in [9.17, 15) is 24.5 Å². The number of carbonyl (C=O) groups excluding carboxylic acids is 3. The molecule has 4 aliphatic rings. The number of nitrogens with zero attached hydrogens (tertiary/aromatic N) is 2. The van der Waals surface area contributed by atoms with Crippen molar-refractivity contribution in [2.75, 3.05) is 4.90 Å². The van der Waals surface area contributed by atoms with Gasteiger partial charge in [-0.1, -0.05) is 48.5 Å². The summed E-state index contributed by atoms with van der Waals surface area (Å²) in [6.45, 7) is 1.14. The molecule has 8 nitrogen and oxygen atoms in total. The molecule has 168 valence electrons.